The molecule has 0 fully saturated rings. The number of hydrogen-bond acceptors (Lipinski definition) is 2. The van der Waals surface area contributed by atoms with E-state index in [1.165, 1.54) is 18.4 Å². The Morgan fingerprint density at radius 2 is 2.06 bits per heavy atom. The van der Waals surface area contributed by atoms with Crippen LogP contribution in [0.25, 0.3) is 0 Å². The zero-order valence-electron chi connectivity index (χ0n) is 11.5. The smallest absolute Gasteiger partial charge is 0.119 e. The lowest BCUT2D eigenvalue weighted by Crippen LogP contribution is -2.13. The van der Waals surface area contributed by atoms with Gasteiger partial charge >= 0.3 is 0 Å². The molecule has 1 rings (SSSR count). The summed E-state index contributed by atoms with van der Waals surface area (Å²) in [6.07, 6.45) is 2.45. The number of benzene rings is 1. The average Bonchev–Trinajstić information content (AvgIpc) is 2.36. The Labute approximate surface area is 105 Å². The van der Waals surface area contributed by atoms with Gasteiger partial charge in [-0.3, -0.25) is 0 Å². The molecule has 0 radical (unpaired) electrons. The molecule has 0 aliphatic heterocycles. The van der Waals surface area contributed by atoms with E-state index in [1.54, 1.807) is 0 Å². The number of ether oxygens (including phenoxy) is 1. The maximum atomic E-state index is 5.83. The molecule has 0 aliphatic carbocycles. The van der Waals surface area contributed by atoms with Crippen molar-refractivity contribution in [2.45, 2.75) is 39.7 Å². The summed E-state index contributed by atoms with van der Waals surface area (Å²) in [5.41, 5.74) is 1.27. The minimum Gasteiger partial charge on any atom is -0.493 e. The quantitative estimate of drug-likeness (QED) is 0.776. The van der Waals surface area contributed by atoms with Gasteiger partial charge in [0, 0.05) is 6.04 Å². The summed E-state index contributed by atoms with van der Waals surface area (Å²) in [7, 11) is 1.97. The summed E-state index contributed by atoms with van der Waals surface area (Å²) in [5.74, 6) is 1.61. The number of rotatable bonds is 7. The van der Waals surface area contributed by atoms with Gasteiger partial charge in [0.25, 0.3) is 0 Å². The van der Waals surface area contributed by atoms with Gasteiger partial charge in [0.2, 0.25) is 0 Å². The second-order valence-electron chi connectivity index (χ2n) is 4.79. The number of nitrogens with one attached hydrogen (secondary N) is 1. The van der Waals surface area contributed by atoms with Gasteiger partial charge in [-0.15, -0.1) is 0 Å². The summed E-state index contributed by atoms with van der Waals surface area (Å²) in [5, 5.41) is 3.24. The van der Waals surface area contributed by atoms with Crippen LogP contribution in [0.1, 0.15) is 45.2 Å². The molecule has 0 bridgehead atoms. The van der Waals surface area contributed by atoms with Gasteiger partial charge in [-0.1, -0.05) is 32.4 Å². The zero-order chi connectivity index (χ0) is 12.7. The fraction of sp³-hybridized carbons (Fsp3) is 0.600. The van der Waals surface area contributed by atoms with Crippen LogP contribution in [-0.4, -0.2) is 13.7 Å². The van der Waals surface area contributed by atoms with Gasteiger partial charge in [-0.25, -0.2) is 0 Å². The van der Waals surface area contributed by atoms with E-state index in [-0.39, 0.29) is 0 Å². The summed E-state index contributed by atoms with van der Waals surface area (Å²) in [6.45, 7) is 7.42. The third-order valence-corrected chi connectivity index (χ3v) is 3.11. The summed E-state index contributed by atoms with van der Waals surface area (Å²) >= 11 is 0. The van der Waals surface area contributed by atoms with Gasteiger partial charge in [-0.2, -0.15) is 0 Å². The predicted molar refractivity (Wildman–Crippen MR) is 73.5 cm³/mol. The van der Waals surface area contributed by atoms with Gasteiger partial charge < -0.3 is 10.1 Å². The van der Waals surface area contributed by atoms with Crippen molar-refractivity contribution in [2.24, 2.45) is 5.92 Å². The van der Waals surface area contributed by atoms with E-state index in [0.29, 0.717) is 12.0 Å². The van der Waals surface area contributed by atoms with E-state index in [9.17, 15) is 0 Å². The third kappa shape index (κ3) is 4.78. The minimum atomic E-state index is 0.367. The van der Waals surface area contributed by atoms with E-state index in [2.05, 4.69) is 44.3 Å². The summed E-state index contributed by atoms with van der Waals surface area (Å²) < 4.78 is 5.83. The van der Waals surface area contributed by atoms with Gasteiger partial charge in [-0.05, 0) is 44.0 Å². The van der Waals surface area contributed by atoms with Gasteiger partial charge in [0.1, 0.15) is 5.75 Å². The Morgan fingerprint density at radius 1 is 1.29 bits per heavy atom. The third-order valence-electron chi connectivity index (χ3n) is 3.11. The Hall–Kier alpha value is -1.02. The number of hydrogen-bond donors (Lipinski definition) is 1. The SMILES string of the molecule is CCCC(C)COc1cccc(C(C)NC)c1. The highest BCUT2D eigenvalue weighted by molar-refractivity contribution is 5.30. The molecule has 0 saturated heterocycles. The van der Waals surface area contributed by atoms with Crippen LogP contribution in [0.3, 0.4) is 0 Å². The van der Waals surface area contributed by atoms with Crippen molar-refractivity contribution in [3.8, 4) is 5.75 Å². The molecule has 2 atom stereocenters. The molecule has 96 valence electrons. The second-order valence-corrected chi connectivity index (χ2v) is 4.79. The van der Waals surface area contributed by atoms with Crippen molar-refractivity contribution in [1.82, 2.24) is 5.32 Å². The Morgan fingerprint density at radius 3 is 2.71 bits per heavy atom. The van der Waals surface area contributed by atoms with Crippen LogP contribution < -0.4 is 10.1 Å². The fourth-order valence-electron chi connectivity index (χ4n) is 1.85. The highest BCUT2D eigenvalue weighted by Gasteiger charge is 2.05. The Balaban J connectivity index is 2.54. The minimum absolute atomic E-state index is 0.367. The molecule has 0 aliphatic rings. The van der Waals surface area contributed by atoms with Crippen molar-refractivity contribution >= 4 is 0 Å². The maximum Gasteiger partial charge on any atom is 0.119 e. The first-order chi connectivity index (χ1) is 8.17. The second kappa shape index (κ2) is 7.33. The maximum absolute atomic E-state index is 5.83. The molecule has 17 heavy (non-hydrogen) atoms. The first-order valence-corrected chi connectivity index (χ1v) is 6.57. The molecule has 2 unspecified atom stereocenters. The zero-order valence-corrected chi connectivity index (χ0v) is 11.5. The molecular formula is C15H25NO. The molecule has 0 amide bonds. The molecular weight excluding hydrogens is 210 g/mol. The van der Waals surface area contributed by atoms with E-state index in [0.717, 1.165) is 12.4 Å². The van der Waals surface area contributed by atoms with Crippen LogP contribution in [0, 0.1) is 5.92 Å². The lowest BCUT2D eigenvalue weighted by atomic mass is 10.1. The molecule has 2 heteroatoms. The van der Waals surface area contributed by atoms with Crippen molar-refractivity contribution in [3.63, 3.8) is 0 Å². The standard InChI is InChI=1S/C15H25NO/c1-5-7-12(2)11-17-15-9-6-8-14(10-15)13(3)16-4/h6,8-10,12-13,16H,5,7,11H2,1-4H3. The highest BCUT2D eigenvalue weighted by Crippen LogP contribution is 2.19. The first kappa shape index (κ1) is 14.0. The topological polar surface area (TPSA) is 21.3 Å². The van der Waals surface area contributed by atoms with E-state index < -0.39 is 0 Å². The van der Waals surface area contributed by atoms with Crippen LogP contribution >= 0.6 is 0 Å². The molecule has 0 aromatic heterocycles. The molecule has 0 spiro atoms. The molecule has 0 saturated carbocycles. The Kier molecular flexibility index (Phi) is 6.06. The normalized spacial score (nSPS) is 14.4. The molecule has 2 nitrogen and oxygen atoms in total. The van der Waals surface area contributed by atoms with E-state index in [1.807, 2.05) is 13.1 Å². The van der Waals surface area contributed by atoms with Crippen molar-refractivity contribution in [3.05, 3.63) is 29.8 Å². The highest BCUT2D eigenvalue weighted by atomic mass is 16.5. The molecule has 1 aromatic carbocycles. The lowest BCUT2D eigenvalue weighted by molar-refractivity contribution is 0.251. The predicted octanol–water partition coefficient (Wildman–Crippen LogP) is 3.78. The van der Waals surface area contributed by atoms with E-state index >= 15 is 0 Å². The lowest BCUT2D eigenvalue weighted by Gasteiger charge is -2.15. The largest absolute Gasteiger partial charge is 0.493 e. The van der Waals surface area contributed by atoms with Crippen molar-refractivity contribution < 1.29 is 4.74 Å². The summed E-state index contributed by atoms with van der Waals surface area (Å²) in [4.78, 5) is 0. The van der Waals surface area contributed by atoms with E-state index in [4.69, 9.17) is 4.74 Å². The van der Waals surface area contributed by atoms with Crippen LogP contribution in [0.5, 0.6) is 5.75 Å². The average molecular weight is 235 g/mol. The van der Waals surface area contributed by atoms with Crippen LogP contribution in [-0.2, 0) is 0 Å². The summed E-state index contributed by atoms with van der Waals surface area (Å²) in [6, 6.07) is 8.71. The van der Waals surface area contributed by atoms with Crippen LogP contribution in [0.15, 0.2) is 24.3 Å². The fourth-order valence-corrected chi connectivity index (χ4v) is 1.85. The van der Waals surface area contributed by atoms with Gasteiger partial charge in [0.15, 0.2) is 0 Å². The monoisotopic (exact) mass is 235 g/mol. The molecule has 1 aromatic rings. The van der Waals surface area contributed by atoms with Crippen molar-refractivity contribution in [1.29, 1.82) is 0 Å². The first-order valence-electron chi connectivity index (χ1n) is 6.57. The van der Waals surface area contributed by atoms with Gasteiger partial charge in [0.05, 0.1) is 6.61 Å². The Bertz CT molecular complexity index is 324. The van der Waals surface area contributed by atoms with Crippen molar-refractivity contribution in [2.75, 3.05) is 13.7 Å². The molecule has 0 heterocycles. The van der Waals surface area contributed by atoms with Crippen LogP contribution in [0.4, 0.5) is 0 Å². The molecule has 1 N–H and O–H groups in total. The van der Waals surface area contributed by atoms with Crippen LogP contribution in [0.2, 0.25) is 0 Å².